The third kappa shape index (κ3) is 7.65. The third-order valence-electron chi connectivity index (χ3n) is 12.7. The van der Waals surface area contributed by atoms with Crippen LogP contribution in [0.5, 0.6) is 0 Å². The molecule has 12 heteroatoms. The van der Waals surface area contributed by atoms with Crippen LogP contribution in [0.1, 0.15) is 95.6 Å². The van der Waals surface area contributed by atoms with Crippen LogP contribution in [0.25, 0.3) is 33.6 Å². The lowest BCUT2D eigenvalue weighted by Crippen LogP contribution is -2.60. The first-order valence-corrected chi connectivity index (χ1v) is 20.6. The number of aromatic amines is 2. The summed E-state index contributed by atoms with van der Waals surface area (Å²) >= 11 is 0. The third-order valence-corrected chi connectivity index (χ3v) is 12.7. The van der Waals surface area contributed by atoms with Gasteiger partial charge < -0.3 is 24.9 Å². The van der Waals surface area contributed by atoms with E-state index in [-0.39, 0.29) is 35.9 Å². The summed E-state index contributed by atoms with van der Waals surface area (Å²) < 4.78 is 0. The van der Waals surface area contributed by atoms with Gasteiger partial charge >= 0.3 is 6.09 Å². The van der Waals surface area contributed by atoms with Gasteiger partial charge in [-0.3, -0.25) is 19.4 Å². The Hall–Kier alpha value is -5.75. The van der Waals surface area contributed by atoms with E-state index in [9.17, 15) is 19.5 Å². The van der Waals surface area contributed by atoms with Gasteiger partial charge in [0.05, 0.1) is 35.9 Å². The number of nitrogens with zero attached hydrogens (tertiary/aromatic N) is 6. The van der Waals surface area contributed by atoms with Crippen molar-refractivity contribution in [2.75, 3.05) is 33.2 Å². The van der Waals surface area contributed by atoms with Gasteiger partial charge in [0.25, 0.3) is 0 Å². The number of imidazole rings is 2. The van der Waals surface area contributed by atoms with Crippen LogP contribution < -0.4 is 0 Å². The van der Waals surface area contributed by atoms with Crippen molar-refractivity contribution >= 4 is 17.9 Å². The molecule has 5 aromatic rings. The van der Waals surface area contributed by atoms with Gasteiger partial charge in [0.1, 0.15) is 23.2 Å². The van der Waals surface area contributed by atoms with Gasteiger partial charge in [0, 0.05) is 20.1 Å². The number of likely N-dealkylation sites (tertiary alicyclic amines) is 2. The van der Waals surface area contributed by atoms with Crippen molar-refractivity contribution in [1.82, 2.24) is 39.5 Å². The maximum Gasteiger partial charge on any atom is 0.407 e. The lowest BCUT2D eigenvalue weighted by Gasteiger charge is -2.42. The molecule has 0 unspecified atom stereocenters. The van der Waals surface area contributed by atoms with Crippen molar-refractivity contribution in [2.24, 2.45) is 5.92 Å². The number of nitrogens with one attached hydrogen (secondary N) is 2. The first-order valence-electron chi connectivity index (χ1n) is 20.6. The van der Waals surface area contributed by atoms with E-state index in [1.165, 1.54) is 7.05 Å². The maximum atomic E-state index is 14.2. The highest BCUT2D eigenvalue weighted by atomic mass is 16.4. The number of carbonyl (C=O) groups is 3. The standard InChI is InChI=1S/C46H56N8O4/c1-7-52(8-2)40(35-14-10-9-11-15-35)43(55)53-26-12-16-38(53)41-47-28-36(49-41)33-22-18-31(19-23-33)32-20-24-34(25-21-32)37-29-48-42(50-37)39-17-13-27-54(39)44(56)46(5,30(3)4)51(6)45(57)58/h9-11,14-15,18-25,28-30,38-40H,7-8,12-13,16-17,26-27H2,1-6H3,(H,47,49)(H,48,50)(H,57,58)/t38-,39-,40+,46-/m0/s1. The van der Waals surface area contributed by atoms with Crippen LogP contribution in [-0.2, 0) is 9.59 Å². The van der Waals surface area contributed by atoms with E-state index in [0.29, 0.717) is 18.9 Å². The van der Waals surface area contributed by atoms with E-state index in [0.717, 1.165) is 88.7 Å². The molecule has 4 atom stereocenters. The molecule has 2 fully saturated rings. The normalized spacial score (nSPS) is 18.5. The topological polar surface area (TPSA) is 142 Å². The predicted molar refractivity (Wildman–Crippen MR) is 226 cm³/mol. The van der Waals surface area contributed by atoms with Crippen molar-refractivity contribution in [3.63, 3.8) is 0 Å². The first kappa shape index (κ1) is 40.4. The first-order chi connectivity index (χ1) is 28.0. The van der Waals surface area contributed by atoms with E-state index < -0.39 is 11.6 Å². The van der Waals surface area contributed by atoms with Crippen molar-refractivity contribution < 1.29 is 19.5 Å². The molecule has 0 aliphatic carbocycles. The number of H-pyrrole nitrogens is 2. The van der Waals surface area contributed by atoms with Gasteiger partial charge in [-0.15, -0.1) is 0 Å². The summed E-state index contributed by atoms with van der Waals surface area (Å²) in [7, 11) is 1.47. The molecule has 12 nitrogen and oxygen atoms in total. The molecule has 3 N–H and O–H groups in total. The second-order valence-corrected chi connectivity index (χ2v) is 16.0. The second-order valence-electron chi connectivity index (χ2n) is 16.0. The number of carbonyl (C=O) groups excluding carboxylic acids is 2. The van der Waals surface area contributed by atoms with Crippen molar-refractivity contribution in [2.45, 2.75) is 84.0 Å². The minimum atomic E-state index is -1.20. The minimum absolute atomic E-state index is 0.0992. The molecule has 58 heavy (non-hydrogen) atoms. The lowest BCUT2D eigenvalue weighted by atomic mass is 9.85. The van der Waals surface area contributed by atoms with Crippen molar-refractivity contribution in [3.05, 3.63) is 108 Å². The Morgan fingerprint density at radius 2 is 1.22 bits per heavy atom. The zero-order valence-corrected chi connectivity index (χ0v) is 34.5. The maximum absolute atomic E-state index is 14.2. The van der Waals surface area contributed by atoms with Gasteiger partial charge in [0.2, 0.25) is 11.8 Å². The molecule has 304 valence electrons. The minimum Gasteiger partial charge on any atom is -0.465 e. The smallest absolute Gasteiger partial charge is 0.407 e. The van der Waals surface area contributed by atoms with Crippen LogP contribution in [-0.4, -0.2) is 101 Å². The molecule has 3 amide bonds. The highest BCUT2D eigenvalue weighted by Gasteiger charge is 2.48. The number of amides is 3. The summed E-state index contributed by atoms with van der Waals surface area (Å²) in [4.78, 5) is 63.8. The summed E-state index contributed by atoms with van der Waals surface area (Å²) in [6.07, 6.45) is 5.93. The zero-order valence-electron chi connectivity index (χ0n) is 34.5. The number of rotatable bonds is 13. The van der Waals surface area contributed by atoms with E-state index in [1.807, 2.05) is 43.1 Å². The van der Waals surface area contributed by atoms with Gasteiger partial charge in [-0.05, 0) is 79.4 Å². The molecule has 2 saturated heterocycles. The van der Waals surface area contributed by atoms with Crippen molar-refractivity contribution in [3.8, 4) is 33.6 Å². The molecular formula is C46H56N8O4. The van der Waals surface area contributed by atoms with Crippen LogP contribution in [0.2, 0.25) is 0 Å². The average molecular weight is 785 g/mol. The Labute approximate surface area is 341 Å². The Balaban J connectivity index is 1.02. The number of benzene rings is 3. The highest BCUT2D eigenvalue weighted by Crippen LogP contribution is 2.38. The van der Waals surface area contributed by atoms with Gasteiger partial charge in [-0.1, -0.05) is 107 Å². The Morgan fingerprint density at radius 3 is 1.69 bits per heavy atom. The SMILES string of the molecule is CCN(CC)[C@@H](C(=O)N1CCC[C@H]1c1ncc(-c2ccc(-c3ccc(-c4cnc([C@@H]5CCCN5C(=O)[C@](C)(C(C)C)N(C)C(=O)O)[nH]4)cc3)cc2)[nH]1)c1ccccc1. The van der Waals surface area contributed by atoms with E-state index >= 15 is 0 Å². The Bertz CT molecular complexity index is 2190. The Morgan fingerprint density at radius 1 is 0.759 bits per heavy atom. The molecule has 0 bridgehead atoms. The zero-order chi connectivity index (χ0) is 41.1. The summed E-state index contributed by atoms with van der Waals surface area (Å²) in [6, 6.07) is 26.1. The summed E-state index contributed by atoms with van der Waals surface area (Å²) in [5, 5.41) is 9.76. The van der Waals surface area contributed by atoms with E-state index in [2.05, 4.69) is 89.4 Å². The molecule has 2 aliphatic rings. The number of hydrogen-bond donors (Lipinski definition) is 3. The summed E-state index contributed by atoms with van der Waals surface area (Å²) in [5.41, 5.74) is 5.74. The monoisotopic (exact) mass is 784 g/mol. The van der Waals surface area contributed by atoms with Gasteiger partial charge in [-0.2, -0.15) is 0 Å². The molecule has 7 rings (SSSR count). The molecule has 3 aromatic carbocycles. The fourth-order valence-corrected chi connectivity index (χ4v) is 8.76. The largest absolute Gasteiger partial charge is 0.465 e. The van der Waals surface area contributed by atoms with Crippen LogP contribution in [0.15, 0.2) is 91.3 Å². The van der Waals surface area contributed by atoms with Gasteiger partial charge in [-0.25, -0.2) is 14.8 Å². The van der Waals surface area contributed by atoms with Crippen LogP contribution in [0.4, 0.5) is 4.79 Å². The molecule has 0 saturated carbocycles. The molecule has 2 aromatic heterocycles. The second kappa shape index (κ2) is 17.0. The predicted octanol–water partition coefficient (Wildman–Crippen LogP) is 8.57. The van der Waals surface area contributed by atoms with Crippen LogP contribution in [0.3, 0.4) is 0 Å². The van der Waals surface area contributed by atoms with E-state index in [4.69, 9.17) is 9.97 Å². The fourth-order valence-electron chi connectivity index (χ4n) is 8.76. The summed E-state index contributed by atoms with van der Waals surface area (Å²) in [5.74, 6) is 1.23. The fraction of sp³-hybridized carbons (Fsp3) is 0.413. The van der Waals surface area contributed by atoms with Crippen LogP contribution in [0, 0.1) is 5.92 Å². The quantitative estimate of drug-likeness (QED) is 0.109. The number of likely N-dealkylation sites (N-methyl/N-ethyl adjacent to an activating group) is 2. The van der Waals surface area contributed by atoms with Crippen molar-refractivity contribution in [1.29, 1.82) is 0 Å². The molecule has 0 spiro atoms. The molecular weight excluding hydrogens is 729 g/mol. The highest BCUT2D eigenvalue weighted by molar-refractivity contribution is 5.90. The average Bonchev–Trinajstić information content (AvgIpc) is 4.09. The van der Waals surface area contributed by atoms with Crippen LogP contribution >= 0.6 is 0 Å². The number of aromatic nitrogens is 4. The van der Waals surface area contributed by atoms with E-state index in [1.54, 1.807) is 18.0 Å². The number of carboxylic acid groups (broad SMARTS) is 1. The molecule has 2 aliphatic heterocycles. The summed E-state index contributed by atoms with van der Waals surface area (Å²) in [6.45, 7) is 12.5. The molecule has 0 radical (unpaired) electrons. The van der Waals surface area contributed by atoms with Gasteiger partial charge in [0.15, 0.2) is 0 Å². The lowest BCUT2D eigenvalue weighted by molar-refractivity contribution is -0.145. The Kier molecular flexibility index (Phi) is 11.9. The molecule has 4 heterocycles. The number of hydrogen-bond acceptors (Lipinski definition) is 6.